The van der Waals surface area contributed by atoms with Crippen molar-refractivity contribution in [2.75, 3.05) is 20.1 Å². The van der Waals surface area contributed by atoms with Crippen molar-refractivity contribution in [3.8, 4) is 0 Å². The average Bonchev–Trinajstić information content (AvgIpc) is 3.28. The van der Waals surface area contributed by atoms with Crippen LogP contribution in [-0.4, -0.2) is 64.0 Å². The molecule has 2 bridgehead atoms. The Kier molecular flexibility index (Phi) is 4.14. The summed E-state index contributed by atoms with van der Waals surface area (Å²) in [6, 6.07) is 5.78. The molecule has 3 aliphatic heterocycles. The van der Waals surface area contributed by atoms with E-state index in [0.29, 0.717) is 19.5 Å². The van der Waals surface area contributed by atoms with Gasteiger partial charge in [0.2, 0.25) is 11.8 Å². The van der Waals surface area contributed by atoms with Crippen LogP contribution >= 0.6 is 0 Å². The average molecular weight is 369 g/mol. The Morgan fingerprint density at radius 2 is 2.19 bits per heavy atom. The number of carbonyl (C=O) groups excluding carboxylic acids is 2. The first-order chi connectivity index (χ1) is 12.7. The van der Waals surface area contributed by atoms with E-state index in [1.54, 1.807) is 18.1 Å². The molecule has 27 heavy (non-hydrogen) atoms. The minimum absolute atomic E-state index is 0.0173. The van der Waals surface area contributed by atoms with Crippen LogP contribution < -0.4 is 0 Å². The van der Waals surface area contributed by atoms with Gasteiger partial charge in [-0.1, -0.05) is 18.2 Å². The molecule has 2 saturated heterocycles. The van der Waals surface area contributed by atoms with E-state index in [9.17, 15) is 9.59 Å². The molecule has 1 aromatic rings. The normalized spacial score (nSPS) is 31.5. The topological polar surface area (TPSA) is 62.7 Å². The van der Waals surface area contributed by atoms with Crippen LogP contribution in [0.15, 0.2) is 36.5 Å². The first-order valence-corrected chi connectivity index (χ1v) is 9.56. The number of amides is 2. The molecule has 0 N–H and O–H groups in total. The van der Waals surface area contributed by atoms with Gasteiger partial charge in [0.25, 0.3) is 0 Å². The summed E-state index contributed by atoms with van der Waals surface area (Å²) in [7, 11) is 1.80. The molecule has 4 atom stereocenters. The number of ether oxygens (including phenoxy) is 1. The SMILES string of the molecule is CN(CCc1ccccn1)C(=O)[C@H]1[C@@H]2C=C[C@@]3(CN(C(C)(C)C)C(=O)[C@@H]13)O2. The zero-order valence-corrected chi connectivity index (χ0v) is 16.4. The second-order valence-corrected chi connectivity index (χ2v) is 8.83. The highest BCUT2D eigenvalue weighted by molar-refractivity contribution is 5.93. The van der Waals surface area contributed by atoms with Crippen LogP contribution in [0.25, 0.3) is 0 Å². The first-order valence-electron chi connectivity index (χ1n) is 9.56. The van der Waals surface area contributed by atoms with E-state index in [2.05, 4.69) is 4.98 Å². The summed E-state index contributed by atoms with van der Waals surface area (Å²) in [5, 5.41) is 0. The van der Waals surface area contributed by atoms with Gasteiger partial charge >= 0.3 is 0 Å². The van der Waals surface area contributed by atoms with Crippen molar-refractivity contribution < 1.29 is 14.3 Å². The highest BCUT2D eigenvalue weighted by Crippen LogP contribution is 2.53. The number of fused-ring (bicyclic) bond motifs is 1. The Hall–Kier alpha value is -2.21. The fraction of sp³-hybridized carbons (Fsp3) is 0.571. The van der Waals surface area contributed by atoms with Crippen LogP contribution in [0.5, 0.6) is 0 Å². The quantitative estimate of drug-likeness (QED) is 0.758. The minimum atomic E-state index is -0.642. The molecule has 1 spiro atoms. The summed E-state index contributed by atoms with van der Waals surface area (Å²) >= 11 is 0. The van der Waals surface area contributed by atoms with Crippen LogP contribution in [0.3, 0.4) is 0 Å². The molecule has 2 fully saturated rings. The van der Waals surface area contributed by atoms with E-state index in [0.717, 1.165) is 5.69 Å². The van der Waals surface area contributed by atoms with Gasteiger partial charge in [-0.3, -0.25) is 14.6 Å². The van der Waals surface area contributed by atoms with Crippen molar-refractivity contribution in [1.82, 2.24) is 14.8 Å². The number of rotatable bonds is 4. The van der Waals surface area contributed by atoms with Gasteiger partial charge in [-0.2, -0.15) is 0 Å². The second kappa shape index (κ2) is 6.16. The predicted molar refractivity (Wildman–Crippen MR) is 101 cm³/mol. The van der Waals surface area contributed by atoms with E-state index in [-0.39, 0.29) is 23.5 Å². The zero-order chi connectivity index (χ0) is 19.4. The van der Waals surface area contributed by atoms with Crippen molar-refractivity contribution in [2.45, 2.75) is 44.4 Å². The highest BCUT2D eigenvalue weighted by atomic mass is 16.5. The summed E-state index contributed by atoms with van der Waals surface area (Å²) in [4.78, 5) is 34.3. The largest absolute Gasteiger partial charge is 0.360 e. The van der Waals surface area contributed by atoms with Gasteiger partial charge in [0, 0.05) is 37.4 Å². The summed E-state index contributed by atoms with van der Waals surface area (Å²) < 4.78 is 6.19. The summed E-state index contributed by atoms with van der Waals surface area (Å²) in [5.41, 5.74) is 0.0229. The molecule has 144 valence electrons. The Labute approximate surface area is 160 Å². The number of likely N-dealkylation sites (N-methyl/N-ethyl adjacent to an activating group) is 1. The number of hydrogen-bond acceptors (Lipinski definition) is 4. The molecule has 2 amide bonds. The van der Waals surface area contributed by atoms with Crippen LogP contribution in [0.4, 0.5) is 0 Å². The predicted octanol–water partition coefficient (Wildman–Crippen LogP) is 1.66. The van der Waals surface area contributed by atoms with Crippen molar-refractivity contribution in [3.63, 3.8) is 0 Å². The summed E-state index contributed by atoms with van der Waals surface area (Å²) in [6.45, 7) is 7.16. The molecule has 6 nitrogen and oxygen atoms in total. The van der Waals surface area contributed by atoms with Crippen molar-refractivity contribution in [2.24, 2.45) is 11.8 Å². The highest BCUT2D eigenvalue weighted by Gasteiger charge is 2.68. The number of likely N-dealkylation sites (tertiary alicyclic amines) is 1. The Morgan fingerprint density at radius 1 is 1.41 bits per heavy atom. The second-order valence-electron chi connectivity index (χ2n) is 8.83. The van der Waals surface area contributed by atoms with Crippen LogP contribution in [-0.2, 0) is 20.7 Å². The smallest absolute Gasteiger partial charge is 0.230 e. The van der Waals surface area contributed by atoms with Crippen LogP contribution in [0, 0.1) is 11.8 Å². The molecule has 4 rings (SSSR count). The molecule has 4 heterocycles. The minimum Gasteiger partial charge on any atom is -0.360 e. The Morgan fingerprint density at radius 3 is 2.85 bits per heavy atom. The molecular weight excluding hydrogens is 342 g/mol. The van der Waals surface area contributed by atoms with E-state index < -0.39 is 17.4 Å². The monoisotopic (exact) mass is 369 g/mol. The fourth-order valence-electron chi connectivity index (χ4n) is 4.54. The maximum absolute atomic E-state index is 13.2. The molecule has 0 radical (unpaired) electrons. The molecule has 0 aliphatic carbocycles. The number of carbonyl (C=O) groups is 2. The van der Waals surface area contributed by atoms with E-state index >= 15 is 0 Å². The third kappa shape index (κ3) is 2.87. The third-order valence-corrected chi connectivity index (χ3v) is 6.00. The van der Waals surface area contributed by atoms with Crippen molar-refractivity contribution in [3.05, 3.63) is 42.2 Å². The number of nitrogens with zero attached hydrogens (tertiary/aromatic N) is 3. The standard InChI is InChI=1S/C21H27N3O3/c1-20(2,3)24-13-21-10-8-15(27-21)16(17(21)19(24)26)18(25)23(4)12-9-14-7-5-6-11-22-14/h5-8,10-11,15-17H,9,12-13H2,1-4H3/t15-,16-,17+,21-/m0/s1. The van der Waals surface area contributed by atoms with E-state index in [1.807, 2.05) is 56.0 Å². The zero-order valence-electron chi connectivity index (χ0n) is 16.4. The van der Waals surface area contributed by atoms with Gasteiger partial charge in [-0.15, -0.1) is 0 Å². The molecular formula is C21H27N3O3. The fourth-order valence-corrected chi connectivity index (χ4v) is 4.54. The molecule has 0 aromatic carbocycles. The molecule has 1 aromatic heterocycles. The lowest BCUT2D eigenvalue weighted by molar-refractivity contribution is -0.144. The van der Waals surface area contributed by atoms with Crippen LogP contribution in [0.2, 0.25) is 0 Å². The van der Waals surface area contributed by atoms with Gasteiger partial charge in [0.05, 0.1) is 24.5 Å². The molecule has 3 aliphatic rings. The number of aromatic nitrogens is 1. The summed E-state index contributed by atoms with van der Waals surface area (Å²) in [6.07, 6.45) is 6.11. The van der Waals surface area contributed by atoms with Gasteiger partial charge in [-0.25, -0.2) is 0 Å². The molecule has 0 unspecified atom stereocenters. The maximum atomic E-state index is 13.2. The lowest BCUT2D eigenvalue weighted by Gasteiger charge is -2.34. The van der Waals surface area contributed by atoms with Crippen molar-refractivity contribution >= 4 is 11.8 Å². The van der Waals surface area contributed by atoms with Gasteiger partial charge in [0.1, 0.15) is 5.60 Å². The van der Waals surface area contributed by atoms with Gasteiger partial charge in [0.15, 0.2) is 0 Å². The lowest BCUT2D eigenvalue weighted by atomic mass is 9.76. The van der Waals surface area contributed by atoms with Crippen molar-refractivity contribution in [1.29, 1.82) is 0 Å². The van der Waals surface area contributed by atoms with Gasteiger partial charge < -0.3 is 14.5 Å². The number of hydrogen-bond donors (Lipinski definition) is 0. The molecule has 6 heteroatoms. The Bertz CT molecular complexity index is 786. The maximum Gasteiger partial charge on any atom is 0.230 e. The third-order valence-electron chi connectivity index (χ3n) is 6.00. The first kappa shape index (κ1) is 18.2. The van der Waals surface area contributed by atoms with Crippen LogP contribution in [0.1, 0.15) is 26.5 Å². The summed E-state index contributed by atoms with van der Waals surface area (Å²) in [5.74, 6) is -0.845. The molecule has 0 saturated carbocycles. The van der Waals surface area contributed by atoms with E-state index in [1.165, 1.54) is 0 Å². The van der Waals surface area contributed by atoms with Gasteiger partial charge in [-0.05, 0) is 32.9 Å². The Balaban J connectivity index is 1.51. The lowest BCUT2D eigenvalue weighted by Crippen LogP contribution is -2.47. The number of pyridine rings is 1. The van der Waals surface area contributed by atoms with E-state index in [4.69, 9.17) is 4.74 Å².